The molecule has 0 unspecified atom stereocenters. The van der Waals surface area contributed by atoms with Gasteiger partial charge >= 0.3 is 0 Å². The van der Waals surface area contributed by atoms with Crippen LogP contribution in [0, 0.1) is 11.8 Å². The number of aromatic nitrogens is 4. The Morgan fingerprint density at radius 2 is 2.09 bits per heavy atom. The normalized spacial score (nSPS) is 24.0. The molecule has 22 heavy (non-hydrogen) atoms. The summed E-state index contributed by atoms with van der Waals surface area (Å²) >= 11 is 0. The van der Waals surface area contributed by atoms with Crippen molar-refractivity contribution in [3.8, 4) is 0 Å². The number of imidazole rings is 1. The fourth-order valence-corrected chi connectivity index (χ4v) is 3.86. The molecule has 2 fully saturated rings. The van der Waals surface area contributed by atoms with Crippen LogP contribution in [-0.4, -0.2) is 57.4 Å². The van der Waals surface area contributed by atoms with E-state index in [0.717, 1.165) is 36.3 Å². The molecule has 2 aromatic rings. The van der Waals surface area contributed by atoms with Gasteiger partial charge in [0, 0.05) is 20.1 Å². The molecule has 3 heterocycles. The highest BCUT2D eigenvalue weighted by Gasteiger charge is 2.38. The molecular weight excluding hydrogens is 280 g/mol. The van der Waals surface area contributed by atoms with Gasteiger partial charge in [-0.3, -0.25) is 4.79 Å². The second kappa shape index (κ2) is 5.23. The first-order valence-electron chi connectivity index (χ1n) is 7.85. The van der Waals surface area contributed by atoms with Crippen molar-refractivity contribution in [3.63, 3.8) is 0 Å². The molecule has 1 aliphatic carbocycles. The standard InChI is InChI=1S/C15H20N6O/c1-20(15-13-14(17-8-16-13)18-9-19-15)7-12(22)21-5-10-3-2-4-11(10)6-21/h8-11H,2-7H2,1H3,(H,16,17,18,19)/t10-,11-/m1/s1. The van der Waals surface area contributed by atoms with Crippen LogP contribution in [0.5, 0.6) is 0 Å². The van der Waals surface area contributed by atoms with E-state index in [4.69, 9.17) is 0 Å². The Bertz CT molecular complexity index is 686. The number of H-pyrrole nitrogens is 1. The van der Waals surface area contributed by atoms with Crippen LogP contribution in [0.3, 0.4) is 0 Å². The molecule has 1 N–H and O–H groups in total. The fraction of sp³-hybridized carbons (Fsp3) is 0.600. The second-order valence-corrected chi connectivity index (χ2v) is 6.40. The monoisotopic (exact) mass is 300 g/mol. The highest BCUT2D eigenvalue weighted by molar-refractivity contribution is 5.87. The quantitative estimate of drug-likeness (QED) is 0.916. The number of anilines is 1. The summed E-state index contributed by atoms with van der Waals surface area (Å²) in [6.45, 7) is 2.20. The van der Waals surface area contributed by atoms with Gasteiger partial charge in [0.2, 0.25) is 5.91 Å². The molecule has 1 saturated heterocycles. The zero-order chi connectivity index (χ0) is 15.1. The van der Waals surface area contributed by atoms with E-state index in [-0.39, 0.29) is 5.91 Å². The zero-order valence-corrected chi connectivity index (χ0v) is 12.7. The van der Waals surface area contributed by atoms with Crippen molar-refractivity contribution in [2.75, 3.05) is 31.6 Å². The SMILES string of the molecule is CN(CC(=O)N1C[C@H]2CCC[C@@H]2C1)c1ncnc2nc[nH]c12. The lowest BCUT2D eigenvalue weighted by atomic mass is 10.0. The van der Waals surface area contributed by atoms with Crippen LogP contribution >= 0.6 is 0 Å². The van der Waals surface area contributed by atoms with Crippen molar-refractivity contribution in [1.29, 1.82) is 0 Å². The molecule has 7 nitrogen and oxygen atoms in total. The number of fused-ring (bicyclic) bond motifs is 2. The highest BCUT2D eigenvalue weighted by atomic mass is 16.2. The van der Waals surface area contributed by atoms with Crippen molar-refractivity contribution in [1.82, 2.24) is 24.8 Å². The maximum Gasteiger partial charge on any atom is 0.242 e. The molecule has 2 aromatic heterocycles. The minimum absolute atomic E-state index is 0.183. The van der Waals surface area contributed by atoms with Crippen molar-refractivity contribution in [2.24, 2.45) is 11.8 Å². The summed E-state index contributed by atoms with van der Waals surface area (Å²) in [5, 5.41) is 0. The molecular formula is C15H20N6O. The number of likely N-dealkylation sites (tertiary alicyclic amines) is 1. The largest absolute Gasteiger partial charge is 0.348 e. The van der Waals surface area contributed by atoms with Crippen LogP contribution in [0.1, 0.15) is 19.3 Å². The van der Waals surface area contributed by atoms with Gasteiger partial charge in [-0.1, -0.05) is 6.42 Å². The van der Waals surface area contributed by atoms with Gasteiger partial charge in [0.15, 0.2) is 11.5 Å². The van der Waals surface area contributed by atoms with Crippen molar-refractivity contribution in [2.45, 2.75) is 19.3 Å². The number of rotatable bonds is 3. The topological polar surface area (TPSA) is 78.0 Å². The molecule has 1 aliphatic heterocycles. The molecule has 0 spiro atoms. The van der Waals surface area contributed by atoms with Gasteiger partial charge < -0.3 is 14.8 Å². The first-order chi connectivity index (χ1) is 10.7. The number of carbonyl (C=O) groups excluding carboxylic acids is 1. The highest BCUT2D eigenvalue weighted by Crippen LogP contribution is 2.37. The molecule has 2 aliphatic rings. The molecule has 0 bridgehead atoms. The third-order valence-electron chi connectivity index (χ3n) is 5.02. The average molecular weight is 300 g/mol. The Morgan fingerprint density at radius 1 is 1.32 bits per heavy atom. The number of likely N-dealkylation sites (N-methyl/N-ethyl adjacent to an activating group) is 1. The molecule has 7 heteroatoms. The number of hydrogen-bond donors (Lipinski definition) is 1. The van der Waals surface area contributed by atoms with Gasteiger partial charge in [-0.2, -0.15) is 0 Å². The van der Waals surface area contributed by atoms with Crippen LogP contribution in [0.4, 0.5) is 5.82 Å². The zero-order valence-electron chi connectivity index (χ0n) is 12.7. The Balaban J connectivity index is 1.46. The summed E-state index contributed by atoms with van der Waals surface area (Å²) in [7, 11) is 1.89. The molecule has 2 atom stereocenters. The minimum atomic E-state index is 0.183. The Morgan fingerprint density at radius 3 is 2.86 bits per heavy atom. The number of carbonyl (C=O) groups is 1. The summed E-state index contributed by atoms with van der Waals surface area (Å²) in [6, 6.07) is 0. The third kappa shape index (κ3) is 2.20. The van der Waals surface area contributed by atoms with Crippen molar-refractivity contribution < 1.29 is 4.79 Å². The minimum Gasteiger partial charge on any atom is -0.348 e. The molecule has 0 aromatic carbocycles. The van der Waals surface area contributed by atoms with Crippen molar-refractivity contribution in [3.05, 3.63) is 12.7 Å². The van der Waals surface area contributed by atoms with Crippen LogP contribution in [0.25, 0.3) is 11.2 Å². The summed E-state index contributed by atoms with van der Waals surface area (Å²) in [5.74, 6) is 2.36. The molecule has 1 saturated carbocycles. The van der Waals surface area contributed by atoms with Gasteiger partial charge in [-0.05, 0) is 24.7 Å². The molecule has 116 valence electrons. The van der Waals surface area contributed by atoms with Crippen molar-refractivity contribution >= 4 is 22.9 Å². The summed E-state index contributed by atoms with van der Waals surface area (Å²) < 4.78 is 0. The van der Waals surface area contributed by atoms with Gasteiger partial charge in [-0.25, -0.2) is 15.0 Å². The molecule has 4 rings (SSSR count). The molecule has 1 amide bonds. The van der Waals surface area contributed by atoms with Crippen LogP contribution in [0.15, 0.2) is 12.7 Å². The smallest absolute Gasteiger partial charge is 0.242 e. The lowest BCUT2D eigenvalue weighted by molar-refractivity contribution is -0.128. The number of nitrogens with one attached hydrogen (secondary N) is 1. The fourth-order valence-electron chi connectivity index (χ4n) is 3.86. The first-order valence-corrected chi connectivity index (χ1v) is 7.85. The van der Waals surface area contributed by atoms with E-state index < -0.39 is 0 Å². The Labute approximate surface area is 128 Å². The summed E-state index contributed by atoms with van der Waals surface area (Å²) in [4.78, 5) is 32.0. The van der Waals surface area contributed by atoms with Gasteiger partial charge in [-0.15, -0.1) is 0 Å². The van der Waals surface area contributed by atoms with E-state index >= 15 is 0 Å². The average Bonchev–Trinajstić information content (AvgIpc) is 3.21. The number of hydrogen-bond acceptors (Lipinski definition) is 5. The van der Waals surface area contributed by atoms with E-state index in [0.29, 0.717) is 12.2 Å². The van der Waals surface area contributed by atoms with Gasteiger partial charge in [0.25, 0.3) is 0 Å². The van der Waals surface area contributed by atoms with Crippen LogP contribution in [0.2, 0.25) is 0 Å². The maximum atomic E-state index is 12.5. The van der Waals surface area contributed by atoms with E-state index in [2.05, 4.69) is 19.9 Å². The number of nitrogens with zero attached hydrogens (tertiary/aromatic N) is 5. The summed E-state index contributed by atoms with van der Waals surface area (Å²) in [6.07, 6.45) is 6.98. The second-order valence-electron chi connectivity index (χ2n) is 6.40. The van der Waals surface area contributed by atoms with Crippen LogP contribution < -0.4 is 4.90 Å². The van der Waals surface area contributed by atoms with E-state index in [1.807, 2.05) is 16.8 Å². The van der Waals surface area contributed by atoms with Gasteiger partial charge in [0.1, 0.15) is 11.8 Å². The lowest BCUT2D eigenvalue weighted by Gasteiger charge is -2.23. The van der Waals surface area contributed by atoms with E-state index in [1.165, 1.54) is 25.6 Å². The van der Waals surface area contributed by atoms with E-state index in [9.17, 15) is 4.79 Å². The number of amides is 1. The predicted molar refractivity (Wildman–Crippen MR) is 82.4 cm³/mol. The number of aromatic amines is 1. The predicted octanol–water partition coefficient (Wildman–Crippen LogP) is 1.05. The first kappa shape index (κ1) is 13.5. The Hall–Kier alpha value is -2.18. The Kier molecular flexibility index (Phi) is 3.20. The molecule has 0 radical (unpaired) electrons. The van der Waals surface area contributed by atoms with Gasteiger partial charge in [0.05, 0.1) is 12.9 Å². The third-order valence-corrected chi connectivity index (χ3v) is 5.02. The lowest BCUT2D eigenvalue weighted by Crippen LogP contribution is -2.38. The van der Waals surface area contributed by atoms with Crippen LogP contribution in [-0.2, 0) is 4.79 Å². The maximum absolute atomic E-state index is 12.5. The van der Waals surface area contributed by atoms with E-state index in [1.54, 1.807) is 6.33 Å². The summed E-state index contributed by atoms with van der Waals surface area (Å²) in [5.41, 5.74) is 1.40.